The van der Waals surface area contributed by atoms with E-state index in [1.165, 1.54) is 12.3 Å². The van der Waals surface area contributed by atoms with E-state index in [1.54, 1.807) is 18.2 Å². The second-order valence-electron chi connectivity index (χ2n) is 4.59. The standard InChI is InChI=1S/C13H10N2O5S.Na/c16-11-9(7-8-3-1-2-5-14-8)12-15(11)10(13(17)18)4-6-21(12,19)20;/h1-5,7,12H,6H2,(H,17,18);/q;+1/p-1/t12-;/m0./s1. The monoisotopic (exact) mass is 328 g/mol. The number of hydrogen-bond acceptors (Lipinski definition) is 6. The number of carbonyl (C=O) groups excluding carboxylic acids is 2. The molecule has 2 aliphatic heterocycles. The van der Waals surface area contributed by atoms with Crippen molar-refractivity contribution in [2.75, 3.05) is 5.75 Å². The third kappa shape index (κ3) is 2.63. The summed E-state index contributed by atoms with van der Waals surface area (Å²) in [4.78, 5) is 27.7. The molecule has 108 valence electrons. The van der Waals surface area contributed by atoms with Crippen molar-refractivity contribution in [2.45, 2.75) is 5.37 Å². The minimum Gasteiger partial charge on any atom is -0.543 e. The van der Waals surface area contributed by atoms with Gasteiger partial charge in [0.2, 0.25) is 0 Å². The molecule has 1 fully saturated rings. The summed E-state index contributed by atoms with van der Waals surface area (Å²) in [6.07, 6.45) is 3.85. The maximum Gasteiger partial charge on any atom is 1.00 e. The van der Waals surface area contributed by atoms with Crippen molar-refractivity contribution in [1.82, 2.24) is 9.88 Å². The zero-order valence-corrected chi connectivity index (χ0v) is 14.4. The van der Waals surface area contributed by atoms with E-state index in [1.807, 2.05) is 0 Å². The number of rotatable bonds is 2. The number of sulfone groups is 1. The van der Waals surface area contributed by atoms with Crippen molar-refractivity contribution in [2.24, 2.45) is 0 Å². The Bertz CT molecular complexity index is 801. The maximum absolute atomic E-state index is 12.0. The van der Waals surface area contributed by atoms with Crippen LogP contribution in [0.4, 0.5) is 0 Å². The predicted octanol–water partition coefficient (Wildman–Crippen LogP) is -4.30. The van der Waals surface area contributed by atoms with Crippen molar-refractivity contribution in [1.29, 1.82) is 0 Å². The molecule has 0 radical (unpaired) electrons. The van der Waals surface area contributed by atoms with E-state index >= 15 is 0 Å². The second kappa shape index (κ2) is 5.96. The van der Waals surface area contributed by atoms with E-state index in [0.29, 0.717) is 5.69 Å². The molecule has 3 rings (SSSR count). The average Bonchev–Trinajstić information content (AvgIpc) is 2.44. The molecular weight excluding hydrogens is 319 g/mol. The summed E-state index contributed by atoms with van der Waals surface area (Å²) in [5.41, 5.74) is 0.0406. The fraction of sp³-hybridized carbons (Fsp3) is 0.154. The molecule has 0 N–H and O–H groups in total. The smallest absolute Gasteiger partial charge is 0.543 e. The quantitative estimate of drug-likeness (QED) is 0.309. The van der Waals surface area contributed by atoms with E-state index in [4.69, 9.17) is 0 Å². The van der Waals surface area contributed by atoms with Crippen LogP contribution in [-0.2, 0) is 19.4 Å². The number of pyridine rings is 1. The first kappa shape index (κ1) is 16.9. The van der Waals surface area contributed by atoms with Gasteiger partial charge in [-0.3, -0.25) is 14.7 Å². The van der Waals surface area contributed by atoms with E-state index in [9.17, 15) is 23.1 Å². The van der Waals surface area contributed by atoms with Gasteiger partial charge in [-0.1, -0.05) is 6.07 Å². The Morgan fingerprint density at radius 3 is 2.73 bits per heavy atom. The van der Waals surface area contributed by atoms with Crippen LogP contribution in [0.3, 0.4) is 0 Å². The van der Waals surface area contributed by atoms with Gasteiger partial charge in [0.1, 0.15) is 0 Å². The molecule has 0 saturated carbocycles. The largest absolute Gasteiger partial charge is 1.00 e. The zero-order valence-electron chi connectivity index (χ0n) is 11.6. The van der Waals surface area contributed by atoms with Crippen LogP contribution in [0.1, 0.15) is 5.69 Å². The number of nitrogens with zero attached hydrogens (tertiary/aromatic N) is 2. The van der Waals surface area contributed by atoms with Gasteiger partial charge in [-0.15, -0.1) is 0 Å². The molecule has 0 spiro atoms. The van der Waals surface area contributed by atoms with Crippen molar-refractivity contribution in [3.05, 3.63) is 47.4 Å². The molecule has 1 aromatic heterocycles. The first-order valence-corrected chi connectivity index (χ1v) is 7.72. The molecule has 3 heterocycles. The van der Waals surface area contributed by atoms with Crippen molar-refractivity contribution in [3.8, 4) is 0 Å². The zero-order chi connectivity index (χ0) is 15.2. The molecule has 2 aliphatic rings. The Morgan fingerprint density at radius 1 is 1.41 bits per heavy atom. The molecule has 9 heteroatoms. The number of aromatic nitrogens is 1. The molecule has 0 aromatic carbocycles. The van der Waals surface area contributed by atoms with Crippen molar-refractivity contribution < 1.29 is 52.7 Å². The maximum atomic E-state index is 12.0. The number of β-lactam (4-membered cyclic amide) rings is 1. The van der Waals surface area contributed by atoms with Gasteiger partial charge in [0.15, 0.2) is 15.2 Å². The molecule has 1 atom stereocenters. The molecule has 0 unspecified atom stereocenters. The van der Waals surface area contributed by atoms with Crippen LogP contribution in [0.5, 0.6) is 0 Å². The Kier molecular flexibility index (Phi) is 4.57. The summed E-state index contributed by atoms with van der Waals surface area (Å²) < 4.78 is 24.1. The van der Waals surface area contributed by atoms with Gasteiger partial charge in [0.05, 0.1) is 28.7 Å². The van der Waals surface area contributed by atoms with Crippen LogP contribution >= 0.6 is 0 Å². The molecule has 1 aromatic rings. The predicted molar refractivity (Wildman–Crippen MR) is 69.7 cm³/mol. The number of fused-ring (bicyclic) bond motifs is 1. The summed E-state index contributed by atoms with van der Waals surface area (Å²) in [5.74, 6) is -2.67. The summed E-state index contributed by atoms with van der Waals surface area (Å²) in [6.45, 7) is 0. The van der Waals surface area contributed by atoms with Gasteiger partial charge in [-0.05, 0) is 24.3 Å². The van der Waals surface area contributed by atoms with E-state index < -0.39 is 38.5 Å². The average molecular weight is 328 g/mol. The van der Waals surface area contributed by atoms with Crippen LogP contribution in [-0.4, -0.2) is 41.3 Å². The van der Waals surface area contributed by atoms with Gasteiger partial charge in [-0.2, -0.15) is 0 Å². The minimum atomic E-state index is -3.65. The Hall–Kier alpha value is -1.48. The fourth-order valence-electron chi connectivity index (χ4n) is 2.33. The first-order valence-electron chi connectivity index (χ1n) is 6.01. The topological polar surface area (TPSA) is 107 Å². The molecular formula is C13H9N2NaO5S. The third-order valence-electron chi connectivity index (χ3n) is 3.28. The molecule has 1 saturated heterocycles. The van der Waals surface area contributed by atoms with Crippen LogP contribution < -0.4 is 34.7 Å². The number of carboxylic acids is 1. The number of aliphatic carboxylic acids is 1. The van der Waals surface area contributed by atoms with E-state index in [2.05, 4.69) is 4.98 Å². The van der Waals surface area contributed by atoms with E-state index in [-0.39, 0.29) is 35.1 Å². The number of amides is 1. The summed E-state index contributed by atoms with van der Waals surface area (Å²) in [7, 11) is -3.65. The van der Waals surface area contributed by atoms with Crippen molar-refractivity contribution in [3.63, 3.8) is 0 Å². The SMILES string of the molecule is O=C([O-])C1=CCS(=O)(=O)[C@H]2C(=Cc3ccccn3)C(=O)N12.[Na+]. The van der Waals surface area contributed by atoms with Crippen LogP contribution in [0.25, 0.3) is 6.08 Å². The van der Waals surface area contributed by atoms with Gasteiger partial charge < -0.3 is 9.90 Å². The van der Waals surface area contributed by atoms with Crippen molar-refractivity contribution >= 4 is 27.8 Å². The molecule has 1 amide bonds. The van der Waals surface area contributed by atoms with E-state index in [0.717, 1.165) is 11.0 Å². The molecule has 22 heavy (non-hydrogen) atoms. The van der Waals surface area contributed by atoms with Crippen LogP contribution in [0, 0.1) is 0 Å². The molecule has 0 aliphatic carbocycles. The number of carbonyl (C=O) groups is 2. The van der Waals surface area contributed by atoms with Gasteiger partial charge >= 0.3 is 29.6 Å². The minimum absolute atomic E-state index is 0. The molecule has 0 bridgehead atoms. The normalized spacial score (nSPS) is 23.9. The Balaban J connectivity index is 0.00000176. The van der Waals surface area contributed by atoms with Crippen LogP contribution in [0.2, 0.25) is 0 Å². The number of carboxylic acid groups (broad SMARTS) is 1. The summed E-state index contributed by atoms with van der Waals surface area (Å²) in [6, 6.07) is 5.00. The van der Waals surface area contributed by atoms with Gasteiger partial charge in [0, 0.05) is 6.20 Å². The number of hydrogen-bond donors (Lipinski definition) is 0. The van der Waals surface area contributed by atoms with Crippen LogP contribution in [0.15, 0.2) is 41.7 Å². The Morgan fingerprint density at radius 2 is 2.14 bits per heavy atom. The first-order chi connectivity index (χ1) is 9.92. The molecule has 7 nitrogen and oxygen atoms in total. The fourth-order valence-corrected chi connectivity index (χ4v) is 3.99. The summed E-state index contributed by atoms with van der Waals surface area (Å²) >= 11 is 0. The van der Waals surface area contributed by atoms with Gasteiger partial charge in [-0.25, -0.2) is 8.42 Å². The Labute approximate surface area is 148 Å². The third-order valence-corrected chi connectivity index (χ3v) is 5.05. The summed E-state index contributed by atoms with van der Waals surface area (Å²) in [5, 5.41) is 9.69. The second-order valence-corrected chi connectivity index (χ2v) is 6.69. The van der Waals surface area contributed by atoms with Gasteiger partial charge in [0.25, 0.3) is 5.91 Å².